The second-order valence-corrected chi connectivity index (χ2v) is 11.3. The van der Waals surface area contributed by atoms with E-state index in [1.54, 1.807) is 0 Å². The van der Waals surface area contributed by atoms with Crippen LogP contribution < -0.4 is 5.56 Å². The summed E-state index contributed by atoms with van der Waals surface area (Å²) in [5.74, 6) is 0. The second kappa shape index (κ2) is 6.90. The van der Waals surface area contributed by atoms with Gasteiger partial charge >= 0.3 is 0 Å². The fourth-order valence-corrected chi connectivity index (χ4v) is 2.14. The van der Waals surface area contributed by atoms with Crippen molar-refractivity contribution in [1.29, 1.82) is 0 Å². The Bertz CT molecular complexity index is 458. The van der Waals surface area contributed by atoms with E-state index in [9.17, 15) is 13.6 Å². The SMILES string of the molecule is C[Si](C)(C)CCOCn1ncc(CC(F)F)cc1=O. The summed E-state index contributed by atoms with van der Waals surface area (Å²) in [6.07, 6.45) is -1.63. The van der Waals surface area contributed by atoms with Gasteiger partial charge in [0.15, 0.2) is 0 Å². The molecule has 0 saturated carbocycles. The van der Waals surface area contributed by atoms with Crippen LogP contribution in [0.5, 0.6) is 0 Å². The fraction of sp³-hybridized carbons (Fsp3) is 0.667. The molecule has 1 aromatic heterocycles. The van der Waals surface area contributed by atoms with E-state index in [-0.39, 0.29) is 12.3 Å². The Kier molecular flexibility index (Phi) is 5.80. The largest absolute Gasteiger partial charge is 0.359 e. The molecule has 19 heavy (non-hydrogen) atoms. The molecule has 7 heteroatoms. The van der Waals surface area contributed by atoms with Gasteiger partial charge in [0.2, 0.25) is 6.43 Å². The Labute approximate surface area is 112 Å². The van der Waals surface area contributed by atoms with E-state index >= 15 is 0 Å². The van der Waals surface area contributed by atoms with Crippen molar-refractivity contribution in [3.05, 3.63) is 28.2 Å². The Hall–Kier alpha value is -1.08. The highest BCUT2D eigenvalue weighted by atomic mass is 28.3. The molecule has 4 nitrogen and oxygen atoms in total. The Morgan fingerprint density at radius 3 is 2.63 bits per heavy atom. The summed E-state index contributed by atoms with van der Waals surface area (Å²) >= 11 is 0. The lowest BCUT2D eigenvalue weighted by Gasteiger charge is -2.15. The molecule has 0 amide bonds. The lowest BCUT2D eigenvalue weighted by molar-refractivity contribution is 0.0747. The Balaban J connectivity index is 2.49. The lowest BCUT2D eigenvalue weighted by Crippen LogP contribution is -2.26. The van der Waals surface area contributed by atoms with Gasteiger partial charge in [-0.1, -0.05) is 19.6 Å². The van der Waals surface area contributed by atoms with Crippen molar-refractivity contribution in [2.24, 2.45) is 0 Å². The van der Waals surface area contributed by atoms with Crippen molar-refractivity contribution in [2.75, 3.05) is 6.61 Å². The molecule has 108 valence electrons. The molecule has 0 saturated heterocycles. The molecule has 0 bridgehead atoms. The molecule has 0 aromatic carbocycles. The van der Waals surface area contributed by atoms with Gasteiger partial charge in [0.05, 0.1) is 6.20 Å². The monoisotopic (exact) mass is 290 g/mol. The van der Waals surface area contributed by atoms with Gasteiger partial charge in [-0.3, -0.25) is 4.79 Å². The van der Waals surface area contributed by atoms with Crippen molar-refractivity contribution < 1.29 is 13.5 Å². The average Bonchev–Trinajstić information content (AvgIpc) is 2.24. The molecule has 0 aliphatic rings. The number of alkyl halides is 2. The maximum Gasteiger partial charge on any atom is 0.269 e. The maximum absolute atomic E-state index is 12.2. The molecule has 0 unspecified atom stereocenters. The summed E-state index contributed by atoms with van der Waals surface area (Å²) in [6.45, 7) is 7.36. The topological polar surface area (TPSA) is 44.1 Å². The zero-order valence-electron chi connectivity index (χ0n) is 11.5. The van der Waals surface area contributed by atoms with Gasteiger partial charge in [-0.2, -0.15) is 5.10 Å². The summed E-state index contributed by atoms with van der Waals surface area (Å²) in [5, 5.41) is 3.82. The van der Waals surface area contributed by atoms with Crippen LogP contribution >= 0.6 is 0 Å². The summed E-state index contributed by atoms with van der Waals surface area (Å²) in [4.78, 5) is 11.6. The normalized spacial score (nSPS) is 12.1. The van der Waals surface area contributed by atoms with Gasteiger partial charge in [0.25, 0.3) is 5.56 Å². The van der Waals surface area contributed by atoms with Crippen molar-refractivity contribution in [3.63, 3.8) is 0 Å². The van der Waals surface area contributed by atoms with Gasteiger partial charge in [0.1, 0.15) is 6.73 Å². The van der Waals surface area contributed by atoms with E-state index in [1.165, 1.54) is 12.3 Å². The highest BCUT2D eigenvalue weighted by molar-refractivity contribution is 6.76. The van der Waals surface area contributed by atoms with Crippen molar-refractivity contribution in [2.45, 2.75) is 45.3 Å². The minimum absolute atomic E-state index is 0.0677. The zero-order chi connectivity index (χ0) is 14.5. The Morgan fingerprint density at radius 1 is 1.42 bits per heavy atom. The quantitative estimate of drug-likeness (QED) is 0.572. The van der Waals surface area contributed by atoms with Gasteiger partial charge in [-0.25, -0.2) is 13.5 Å². The second-order valence-electron chi connectivity index (χ2n) is 5.64. The third-order valence-corrected chi connectivity index (χ3v) is 4.23. The highest BCUT2D eigenvalue weighted by Crippen LogP contribution is 2.07. The zero-order valence-corrected chi connectivity index (χ0v) is 12.5. The van der Waals surface area contributed by atoms with Crippen LogP contribution in [0.3, 0.4) is 0 Å². The molecule has 0 aliphatic carbocycles. The van der Waals surface area contributed by atoms with Crippen LogP contribution in [0.25, 0.3) is 0 Å². The van der Waals surface area contributed by atoms with E-state index in [0.29, 0.717) is 6.61 Å². The molecular weight excluding hydrogens is 270 g/mol. The third-order valence-electron chi connectivity index (χ3n) is 2.53. The van der Waals surface area contributed by atoms with E-state index in [4.69, 9.17) is 4.74 Å². The summed E-state index contributed by atoms with van der Waals surface area (Å²) in [5.41, 5.74) is -0.162. The number of ether oxygens (including phenoxy) is 1. The van der Waals surface area contributed by atoms with Gasteiger partial charge in [0, 0.05) is 27.2 Å². The highest BCUT2D eigenvalue weighted by Gasteiger charge is 2.12. The first-order chi connectivity index (χ1) is 8.78. The summed E-state index contributed by atoms with van der Waals surface area (Å²) in [7, 11) is -1.15. The van der Waals surface area contributed by atoms with Crippen molar-refractivity contribution in [1.82, 2.24) is 9.78 Å². The minimum Gasteiger partial charge on any atom is -0.359 e. The van der Waals surface area contributed by atoms with Crippen LogP contribution in [0.15, 0.2) is 17.1 Å². The van der Waals surface area contributed by atoms with E-state index in [0.717, 1.165) is 10.7 Å². The smallest absolute Gasteiger partial charge is 0.269 e. The number of nitrogens with zero attached hydrogens (tertiary/aromatic N) is 2. The minimum atomic E-state index is -2.47. The molecule has 0 radical (unpaired) electrons. The first kappa shape index (κ1) is 16.0. The number of halogens is 2. The van der Waals surface area contributed by atoms with Crippen molar-refractivity contribution in [3.8, 4) is 0 Å². The average molecular weight is 290 g/mol. The van der Waals surface area contributed by atoms with Crippen LogP contribution in [0.1, 0.15) is 5.56 Å². The van der Waals surface area contributed by atoms with Gasteiger partial charge in [-0.05, 0) is 11.6 Å². The third kappa shape index (κ3) is 6.58. The number of aromatic nitrogens is 2. The number of hydrogen-bond acceptors (Lipinski definition) is 3. The van der Waals surface area contributed by atoms with Gasteiger partial charge in [-0.15, -0.1) is 0 Å². The van der Waals surface area contributed by atoms with Crippen LogP contribution in [0, 0.1) is 0 Å². The molecule has 1 rings (SSSR count). The van der Waals surface area contributed by atoms with Crippen LogP contribution in [-0.2, 0) is 17.9 Å². The predicted octanol–water partition coefficient (Wildman–Crippen LogP) is 2.36. The fourth-order valence-electron chi connectivity index (χ4n) is 1.39. The molecule has 0 N–H and O–H groups in total. The standard InChI is InChI=1S/C12H20F2N2O2Si/c1-19(2,3)5-4-18-9-16-12(17)7-10(8-15-16)6-11(13)14/h7-8,11H,4-6,9H2,1-3H3. The van der Waals surface area contributed by atoms with Crippen molar-refractivity contribution >= 4 is 8.07 Å². The van der Waals surface area contributed by atoms with Crippen LogP contribution in [0.2, 0.25) is 25.7 Å². The summed E-state index contributed by atoms with van der Waals surface area (Å²) < 4.78 is 30.8. The number of hydrogen-bond donors (Lipinski definition) is 0. The molecule has 0 aliphatic heterocycles. The Morgan fingerprint density at radius 2 is 2.11 bits per heavy atom. The molecule has 1 aromatic rings. The molecule has 0 atom stereocenters. The first-order valence-corrected chi connectivity index (χ1v) is 9.90. The lowest BCUT2D eigenvalue weighted by atomic mass is 10.2. The maximum atomic E-state index is 12.2. The van der Waals surface area contributed by atoms with E-state index in [1.807, 2.05) is 0 Å². The molecule has 1 heterocycles. The molecular formula is C12H20F2N2O2Si. The van der Waals surface area contributed by atoms with E-state index in [2.05, 4.69) is 24.7 Å². The van der Waals surface area contributed by atoms with Gasteiger partial charge < -0.3 is 4.74 Å². The van der Waals surface area contributed by atoms with Crippen LogP contribution in [0.4, 0.5) is 8.78 Å². The summed E-state index contributed by atoms with van der Waals surface area (Å²) in [6, 6.07) is 2.19. The van der Waals surface area contributed by atoms with Crippen LogP contribution in [-0.4, -0.2) is 30.9 Å². The first-order valence-electron chi connectivity index (χ1n) is 6.20. The number of rotatable bonds is 7. The molecule has 0 spiro atoms. The predicted molar refractivity (Wildman–Crippen MR) is 72.3 cm³/mol. The molecule has 0 fully saturated rings. The van der Waals surface area contributed by atoms with E-state index < -0.39 is 26.5 Å².